The van der Waals surface area contributed by atoms with Crippen LogP contribution in [0.3, 0.4) is 0 Å². The molecule has 0 unspecified atom stereocenters. The van der Waals surface area contributed by atoms with Crippen molar-refractivity contribution in [2.75, 3.05) is 19.9 Å². The van der Waals surface area contributed by atoms with Crippen molar-refractivity contribution in [3.8, 4) is 0 Å². The first kappa shape index (κ1) is 29.4. The lowest BCUT2D eigenvalue weighted by Crippen LogP contribution is -2.75. The van der Waals surface area contributed by atoms with Gasteiger partial charge >= 0.3 is 13.9 Å². The summed E-state index contributed by atoms with van der Waals surface area (Å²) in [7, 11) is -4.85. The molecule has 1 aromatic carbocycles. The maximum Gasteiger partial charge on any atom is 0.472 e. The molecule has 0 saturated heterocycles. The summed E-state index contributed by atoms with van der Waals surface area (Å²) in [4.78, 5) is 66.1. The first-order chi connectivity index (χ1) is 17.4. The summed E-state index contributed by atoms with van der Waals surface area (Å²) in [6.45, 7) is 6.13. The van der Waals surface area contributed by atoms with E-state index in [1.807, 2.05) is 13.8 Å². The van der Waals surface area contributed by atoms with Gasteiger partial charge in [-0.2, -0.15) is 0 Å². The summed E-state index contributed by atoms with van der Waals surface area (Å²) in [6, 6.07) is 5.06. The van der Waals surface area contributed by atoms with Gasteiger partial charge in [-0.25, -0.2) is 23.8 Å². The predicted molar refractivity (Wildman–Crippen MR) is 133 cm³/mol. The molecule has 0 aliphatic rings. The lowest BCUT2D eigenvalue weighted by molar-refractivity contribution is -0.309. The van der Waals surface area contributed by atoms with Crippen LogP contribution in [0.1, 0.15) is 51.4 Å². The molecule has 0 radical (unpaired) electrons. The van der Waals surface area contributed by atoms with Gasteiger partial charge in [-0.3, -0.25) is 9.59 Å². The number of phosphoric ester groups is 1. The van der Waals surface area contributed by atoms with E-state index < -0.39 is 26.6 Å². The average molecular weight is 537 g/mol. The number of nitrogens with one attached hydrogen (secondary N) is 3. The van der Waals surface area contributed by atoms with Crippen molar-refractivity contribution < 1.29 is 43.0 Å². The number of aliphatic imine (C=N–C) groups is 1. The molecule has 0 atom stereocenters. The number of aromatic nitrogens is 1. The van der Waals surface area contributed by atoms with E-state index in [4.69, 9.17) is 15.5 Å². The van der Waals surface area contributed by atoms with Crippen LogP contribution in [0.4, 0.5) is 10.5 Å². The molecule has 0 bridgehead atoms. The van der Waals surface area contributed by atoms with Crippen LogP contribution >= 0.6 is 7.82 Å². The number of amidine groups is 1. The fourth-order valence-corrected chi connectivity index (χ4v) is 3.37. The molecule has 0 aliphatic heterocycles. The third-order valence-corrected chi connectivity index (χ3v) is 5.49. The number of imide groups is 1. The Kier molecular flexibility index (Phi) is 10.3. The van der Waals surface area contributed by atoms with E-state index in [0.717, 1.165) is 16.8 Å². The number of hydrogen-bond donors (Lipinski definition) is 6. The van der Waals surface area contributed by atoms with Crippen LogP contribution in [0.2, 0.25) is 0 Å². The molecule has 0 fully saturated rings. The maximum absolute atomic E-state index is 13.1. The van der Waals surface area contributed by atoms with E-state index in [0.29, 0.717) is 29.1 Å². The van der Waals surface area contributed by atoms with Gasteiger partial charge in [0, 0.05) is 24.8 Å². The molecule has 200 valence electrons. The topological polar surface area (TPSA) is 211 Å². The molecule has 0 aliphatic carbocycles. The van der Waals surface area contributed by atoms with E-state index in [2.05, 4.69) is 29.5 Å². The van der Waals surface area contributed by atoms with E-state index in [1.54, 1.807) is 25.1 Å². The van der Waals surface area contributed by atoms with Crippen molar-refractivity contribution in [2.45, 2.75) is 27.7 Å². The Morgan fingerprint density at radius 1 is 1.27 bits per heavy atom. The summed E-state index contributed by atoms with van der Waals surface area (Å²) in [5.74, 6) is -0.731. The van der Waals surface area contributed by atoms with Crippen LogP contribution in [0.15, 0.2) is 29.4 Å². The fraction of sp³-hybridized carbons (Fsp3) is 0.318. The number of ether oxygens (including phenoxy) is 1. The zero-order valence-electron chi connectivity index (χ0n) is 20.8. The number of benzene rings is 1. The second-order valence-corrected chi connectivity index (χ2v) is 8.77. The van der Waals surface area contributed by atoms with Crippen LogP contribution in [0.25, 0.3) is 0 Å². The minimum Gasteiger partial charge on any atom is -0.421 e. The molecule has 14 nitrogen and oxygen atoms in total. The van der Waals surface area contributed by atoms with E-state index in [9.17, 15) is 18.9 Å². The molecule has 2 aromatic rings. The molecule has 37 heavy (non-hydrogen) atoms. The predicted octanol–water partition coefficient (Wildman–Crippen LogP) is 0.193. The molecule has 15 heteroatoms. The second-order valence-electron chi connectivity index (χ2n) is 7.53. The van der Waals surface area contributed by atoms with Crippen molar-refractivity contribution in [2.24, 2.45) is 10.7 Å². The molecule has 2 rings (SSSR count). The Morgan fingerprint density at radius 3 is 2.57 bits per heavy atom. The van der Waals surface area contributed by atoms with Crippen molar-refractivity contribution in [3.05, 3.63) is 52.3 Å². The number of amides is 3. The third kappa shape index (κ3) is 7.82. The molecular weight excluding hydrogens is 507 g/mol. The van der Waals surface area contributed by atoms with Crippen LogP contribution in [-0.4, -0.2) is 69.6 Å². The van der Waals surface area contributed by atoms with Gasteiger partial charge in [-0.05, 0) is 51.0 Å². The highest BCUT2D eigenvalue weighted by molar-refractivity contribution is 7.46. The molecule has 0 spiro atoms. The summed E-state index contributed by atoms with van der Waals surface area (Å²) >= 11 is 0. The first-order valence-electron chi connectivity index (χ1n) is 11.1. The van der Waals surface area contributed by atoms with Crippen LogP contribution in [-0.2, 0) is 13.8 Å². The number of hydrogen-bond acceptors (Lipinski definition) is 7. The summed E-state index contributed by atoms with van der Waals surface area (Å²) in [5.41, 5.74) is 8.19. The van der Waals surface area contributed by atoms with Crippen molar-refractivity contribution in [1.82, 2.24) is 15.2 Å². The molecule has 0 saturated carbocycles. The number of aromatic amines is 1. The molecule has 1 heterocycles. The maximum atomic E-state index is 13.1. The number of nitrogens with zero attached hydrogens (tertiary/aromatic N) is 2. The fourth-order valence-electron chi connectivity index (χ4n) is 3.18. The Bertz CT molecular complexity index is 1270. The van der Waals surface area contributed by atoms with Gasteiger partial charge in [0.1, 0.15) is 11.4 Å². The number of nitrogens with two attached hydrogens (primary N) is 1. The molecule has 3 amide bonds. The number of carbonyl (C=O) groups is 3. The molecular formula is C22H30N6O8P+. The van der Waals surface area contributed by atoms with Crippen LogP contribution in [0.5, 0.6) is 0 Å². The van der Waals surface area contributed by atoms with Crippen molar-refractivity contribution in [3.63, 3.8) is 0 Å². The smallest absolute Gasteiger partial charge is 0.421 e. The normalized spacial score (nSPS) is 12.0. The largest absolute Gasteiger partial charge is 0.472 e. The van der Waals surface area contributed by atoms with E-state index in [1.165, 1.54) is 13.1 Å². The van der Waals surface area contributed by atoms with Crippen LogP contribution < -0.4 is 16.0 Å². The van der Waals surface area contributed by atoms with Gasteiger partial charge in [0.25, 0.3) is 17.6 Å². The summed E-state index contributed by atoms with van der Waals surface area (Å²) in [5, 5.41) is 2.73. The van der Waals surface area contributed by atoms with E-state index >= 15 is 0 Å². The second kappa shape index (κ2) is 12.9. The number of aryl methyl sites for hydroxylation is 1. The number of carbonyl (C=O) groups excluding carboxylic acids is 3. The summed E-state index contributed by atoms with van der Waals surface area (Å²) in [6.07, 6.45) is 1.38. The highest BCUT2D eigenvalue weighted by atomic mass is 31.2. The number of H-pyrrole nitrogens is 1. The zero-order chi connectivity index (χ0) is 27.8. The summed E-state index contributed by atoms with van der Waals surface area (Å²) < 4.78 is 19.5. The standard InChI is InChI=1S/C22H29N6O8P/c1-5-24-20(29)15-8-7-13(3)17(9-15)27-19(26-11-23)18-14(4)16(10-25-18)21(30)28(6-2)22(31)35-12-36-37(32,33)34/h7-11,25H,5-6,12H2,1-4H3,(H,24,29)(H2,23,26,27)(H2,32,33,34)/p+1. The quantitative estimate of drug-likeness (QED) is 0.111. The highest BCUT2D eigenvalue weighted by Crippen LogP contribution is 2.35. The van der Waals surface area contributed by atoms with Gasteiger partial charge in [0.15, 0.2) is 6.34 Å². The van der Waals surface area contributed by atoms with E-state index in [-0.39, 0.29) is 23.9 Å². The zero-order valence-corrected chi connectivity index (χ0v) is 21.7. The highest BCUT2D eigenvalue weighted by Gasteiger charge is 2.28. The monoisotopic (exact) mass is 537 g/mol. The van der Waals surface area contributed by atoms with Gasteiger partial charge < -0.3 is 30.6 Å². The Balaban J connectivity index is 2.39. The Hall–Kier alpha value is -3.84. The minimum atomic E-state index is -4.85. The number of phosphoric acid groups is 1. The van der Waals surface area contributed by atoms with Gasteiger partial charge in [-0.15, -0.1) is 4.99 Å². The molecule has 7 N–H and O–H groups in total. The number of rotatable bonds is 9. The first-order valence-corrected chi connectivity index (χ1v) is 12.6. The van der Waals surface area contributed by atoms with Gasteiger partial charge in [0.05, 0.1) is 5.56 Å². The third-order valence-electron chi connectivity index (χ3n) is 5.05. The van der Waals surface area contributed by atoms with Crippen molar-refractivity contribution in [1.29, 1.82) is 0 Å². The van der Waals surface area contributed by atoms with Crippen molar-refractivity contribution >= 4 is 43.6 Å². The minimum absolute atomic E-state index is 0.0882. The van der Waals surface area contributed by atoms with Crippen LogP contribution in [0, 0.1) is 13.8 Å². The van der Waals surface area contributed by atoms with Gasteiger partial charge in [0.2, 0.25) is 6.79 Å². The lowest BCUT2D eigenvalue weighted by atomic mass is 10.1. The Labute approximate surface area is 212 Å². The Morgan fingerprint density at radius 2 is 1.97 bits per heavy atom. The average Bonchev–Trinajstić information content (AvgIpc) is 3.20. The lowest BCUT2D eigenvalue weighted by Gasteiger charge is -2.18. The van der Waals surface area contributed by atoms with Gasteiger partial charge in [-0.1, -0.05) is 6.07 Å². The SMILES string of the molecule is CCNC(=O)c1ccc(C)c(N=C([NH+]=CN)c2[nH]cc(C(=O)N(CC)C(=O)OCOP(=O)(O)O)c2C)c1. The molecule has 1 aromatic heterocycles.